The van der Waals surface area contributed by atoms with Gasteiger partial charge in [-0.3, -0.25) is 4.90 Å². The van der Waals surface area contributed by atoms with Gasteiger partial charge >= 0.3 is 6.09 Å². The van der Waals surface area contributed by atoms with Crippen LogP contribution in [0.2, 0.25) is 0 Å². The first-order chi connectivity index (χ1) is 11.8. The summed E-state index contributed by atoms with van der Waals surface area (Å²) >= 11 is 0. The lowest BCUT2D eigenvalue weighted by Crippen LogP contribution is -2.56. The molecular weight excluding hydrogens is 300 g/mol. The zero-order chi connectivity index (χ0) is 16.4. The number of amides is 1. The largest absolute Gasteiger partial charge is 0.446 e. The lowest BCUT2D eigenvalue weighted by atomic mass is 10.0. The van der Waals surface area contributed by atoms with Crippen LogP contribution in [0.3, 0.4) is 0 Å². The van der Waals surface area contributed by atoms with E-state index in [9.17, 15) is 4.79 Å². The van der Waals surface area contributed by atoms with Gasteiger partial charge < -0.3 is 9.64 Å². The van der Waals surface area contributed by atoms with Crippen molar-refractivity contribution in [1.29, 1.82) is 0 Å². The van der Waals surface area contributed by atoms with Crippen LogP contribution in [0.5, 0.6) is 0 Å². The van der Waals surface area contributed by atoms with Crippen LogP contribution < -0.4 is 0 Å². The lowest BCUT2D eigenvalue weighted by Gasteiger charge is -2.41. The number of carbonyl (C=O) groups is 1. The molecule has 0 radical (unpaired) electrons. The molecule has 1 aromatic rings. The number of hydrogen-bond acceptors (Lipinski definition) is 3. The Morgan fingerprint density at radius 1 is 1.04 bits per heavy atom. The Hall–Kier alpha value is -1.55. The molecule has 0 bridgehead atoms. The summed E-state index contributed by atoms with van der Waals surface area (Å²) in [6.07, 6.45) is 8.10. The van der Waals surface area contributed by atoms with Crippen LogP contribution in [-0.2, 0) is 11.2 Å². The van der Waals surface area contributed by atoms with E-state index < -0.39 is 0 Å². The lowest BCUT2D eigenvalue weighted by molar-refractivity contribution is 0.0239. The van der Waals surface area contributed by atoms with Crippen LogP contribution in [0.4, 0.5) is 4.79 Å². The minimum atomic E-state index is -0.0849. The Morgan fingerprint density at radius 3 is 2.50 bits per heavy atom. The van der Waals surface area contributed by atoms with Crippen LogP contribution in [0.1, 0.15) is 44.1 Å². The molecule has 4 nitrogen and oxygen atoms in total. The van der Waals surface area contributed by atoms with Crippen LogP contribution in [0.25, 0.3) is 0 Å². The van der Waals surface area contributed by atoms with E-state index in [4.69, 9.17) is 4.74 Å². The molecule has 1 heterocycles. The highest BCUT2D eigenvalue weighted by atomic mass is 16.6. The van der Waals surface area contributed by atoms with E-state index in [1.165, 1.54) is 31.2 Å². The first kappa shape index (κ1) is 15.9. The number of ether oxygens (including phenoxy) is 1. The van der Waals surface area contributed by atoms with Crippen LogP contribution in [-0.4, -0.2) is 53.7 Å². The molecule has 0 N–H and O–H groups in total. The van der Waals surface area contributed by atoms with Crippen molar-refractivity contribution < 1.29 is 9.53 Å². The van der Waals surface area contributed by atoms with Crippen molar-refractivity contribution in [2.24, 2.45) is 0 Å². The molecule has 3 aliphatic rings. The Kier molecular flexibility index (Phi) is 4.74. The maximum absolute atomic E-state index is 12.7. The van der Waals surface area contributed by atoms with Crippen molar-refractivity contribution in [2.45, 2.75) is 63.1 Å². The highest BCUT2D eigenvalue weighted by molar-refractivity contribution is 5.68. The van der Waals surface area contributed by atoms with Gasteiger partial charge in [0, 0.05) is 25.7 Å². The monoisotopic (exact) mass is 328 g/mol. The second-order valence-electron chi connectivity index (χ2n) is 7.55. The molecule has 2 saturated carbocycles. The zero-order valence-corrected chi connectivity index (χ0v) is 14.4. The summed E-state index contributed by atoms with van der Waals surface area (Å²) in [5.41, 5.74) is 1.30. The predicted molar refractivity (Wildman–Crippen MR) is 94.0 cm³/mol. The normalized spacial score (nSPS) is 25.8. The molecule has 1 atom stereocenters. The topological polar surface area (TPSA) is 32.8 Å². The van der Waals surface area contributed by atoms with Crippen molar-refractivity contribution in [3.8, 4) is 0 Å². The first-order valence-electron chi connectivity index (χ1n) is 9.55. The fourth-order valence-corrected chi connectivity index (χ4v) is 4.17. The third kappa shape index (κ3) is 3.75. The van der Waals surface area contributed by atoms with Crippen LogP contribution in [0.15, 0.2) is 30.3 Å². The molecule has 0 aromatic heterocycles. The zero-order valence-electron chi connectivity index (χ0n) is 14.4. The molecule has 2 aliphatic carbocycles. The number of hydrogen-bond donors (Lipinski definition) is 0. The van der Waals surface area contributed by atoms with E-state index in [1.54, 1.807) is 0 Å². The van der Waals surface area contributed by atoms with E-state index in [1.807, 2.05) is 11.0 Å². The van der Waals surface area contributed by atoms with Gasteiger partial charge in [-0.05, 0) is 50.5 Å². The number of rotatable bonds is 4. The molecule has 0 spiro atoms. The summed E-state index contributed by atoms with van der Waals surface area (Å²) in [6.45, 7) is 2.79. The fourth-order valence-electron chi connectivity index (χ4n) is 4.17. The van der Waals surface area contributed by atoms with E-state index in [2.05, 4.69) is 29.2 Å². The third-order valence-corrected chi connectivity index (χ3v) is 5.70. The van der Waals surface area contributed by atoms with Crippen molar-refractivity contribution in [3.63, 3.8) is 0 Å². The molecule has 1 amide bonds. The third-order valence-electron chi connectivity index (χ3n) is 5.70. The Bertz CT molecular complexity index is 552. The van der Waals surface area contributed by atoms with Crippen molar-refractivity contribution in [1.82, 2.24) is 9.80 Å². The van der Waals surface area contributed by atoms with Gasteiger partial charge in [0.25, 0.3) is 0 Å². The number of carbonyl (C=O) groups excluding carboxylic acids is 1. The molecule has 0 unspecified atom stereocenters. The molecule has 1 saturated heterocycles. The van der Waals surface area contributed by atoms with Gasteiger partial charge in [-0.1, -0.05) is 30.3 Å². The molecule has 1 aliphatic heterocycles. The van der Waals surface area contributed by atoms with Crippen molar-refractivity contribution >= 4 is 6.09 Å². The van der Waals surface area contributed by atoms with Gasteiger partial charge in [0.2, 0.25) is 0 Å². The van der Waals surface area contributed by atoms with Gasteiger partial charge in [-0.15, -0.1) is 0 Å². The second kappa shape index (κ2) is 7.14. The summed E-state index contributed by atoms with van der Waals surface area (Å²) in [7, 11) is 0. The molecule has 24 heavy (non-hydrogen) atoms. The standard InChI is InChI=1S/C20H28N2O2/c23-20(24-19-8-4-5-9-19)22-13-12-21(17-10-11-17)15-18(22)14-16-6-2-1-3-7-16/h1-3,6-7,17-19H,4-5,8-15H2/t18-/m0/s1. The highest BCUT2D eigenvalue weighted by Crippen LogP contribution is 2.30. The van der Waals surface area contributed by atoms with Crippen LogP contribution in [0, 0.1) is 0 Å². The van der Waals surface area contributed by atoms with Gasteiger partial charge in [-0.25, -0.2) is 4.79 Å². The molecule has 3 fully saturated rings. The minimum absolute atomic E-state index is 0.0849. The van der Waals surface area contributed by atoms with Gasteiger partial charge in [0.05, 0.1) is 6.04 Å². The summed E-state index contributed by atoms with van der Waals surface area (Å²) in [5.74, 6) is 0. The summed E-state index contributed by atoms with van der Waals surface area (Å²) in [4.78, 5) is 17.3. The quantitative estimate of drug-likeness (QED) is 0.848. The number of nitrogens with zero attached hydrogens (tertiary/aromatic N) is 2. The van der Waals surface area contributed by atoms with Gasteiger partial charge in [-0.2, -0.15) is 0 Å². The average Bonchev–Trinajstić information content (AvgIpc) is 3.34. The SMILES string of the molecule is O=C(OC1CCCC1)N1CCN(C2CC2)C[C@@H]1Cc1ccccc1. The maximum Gasteiger partial charge on any atom is 0.410 e. The summed E-state index contributed by atoms with van der Waals surface area (Å²) in [6, 6.07) is 11.5. The van der Waals surface area contributed by atoms with Gasteiger partial charge in [0.1, 0.15) is 6.10 Å². The predicted octanol–water partition coefficient (Wildman–Crippen LogP) is 3.46. The molecule has 4 heteroatoms. The summed E-state index contributed by atoms with van der Waals surface area (Å²) in [5, 5.41) is 0. The maximum atomic E-state index is 12.7. The highest BCUT2D eigenvalue weighted by Gasteiger charge is 2.38. The molecule has 130 valence electrons. The minimum Gasteiger partial charge on any atom is -0.446 e. The van der Waals surface area contributed by atoms with Crippen molar-refractivity contribution in [3.05, 3.63) is 35.9 Å². The number of benzene rings is 1. The molecule has 1 aromatic carbocycles. The van der Waals surface area contributed by atoms with Crippen LogP contribution >= 0.6 is 0 Å². The average molecular weight is 328 g/mol. The summed E-state index contributed by atoms with van der Waals surface area (Å²) < 4.78 is 5.80. The Balaban J connectivity index is 1.44. The van der Waals surface area contributed by atoms with Crippen molar-refractivity contribution in [2.75, 3.05) is 19.6 Å². The Labute approximate surface area is 144 Å². The molecule has 4 rings (SSSR count). The van der Waals surface area contributed by atoms with E-state index >= 15 is 0 Å². The fraction of sp³-hybridized carbons (Fsp3) is 0.650. The van der Waals surface area contributed by atoms with E-state index in [-0.39, 0.29) is 18.2 Å². The number of piperazine rings is 1. The smallest absolute Gasteiger partial charge is 0.410 e. The van der Waals surface area contributed by atoms with Gasteiger partial charge in [0.15, 0.2) is 0 Å². The van der Waals surface area contributed by atoms with E-state index in [0.29, 0.717) is 0 Å². The molecular formula is C20H28N2O2. The first-order valence-corrected chi connectivity index (χ1v) is 9.55. The second-order valence-corrected chi connectivity index (χ2v) is 7.55. The Morgan fingerprint density at radius 2 is 1.79 bits per heavy atom. The van der Waals surface area contributed by atoms with E-state index in [0.717, 1.165) is 44.9 Å².